The van der Waals surface area contributed by atoms with Crippen molar-refractivity contribution in [1.82, 2.24) is 5.32 Å². The lowest BCUT2D eigenvalue weighted by atomic mass is 10.1. The highest BCUT2D eigenvalue weighted by atomic mass is 16.5. The topological polar surface area (TPSA) is 119 Å². The second-order valence-corrected chi connectivity index (χ2v) is 4.09. The van der Waals surface area contributed by atoms with Gasteiger partial charge in [0.2, 0.25) is 5.91 Å². The average Bonchev–Trinajstić information content (AvgIpc) is 2.39. The smallest absolute Gasteiger partial charge is 0.305 e. The lowest BCUT2D eigenvalue weighted by Crippen LogP contribution is -2.47. The lowest BCUT2D eigenvalue weighted by Gasteiger charge is -2.19. The van der Waals surface area contributed by atoms with Crippen molar-refractivity contribution in [3.8, 4) is 0 Å². The highest BCUT2D eigenvalue weighted by Crippen LogP contribution is 2.16. The van der Waals surface area contributed by atoms with E-state index in [-0.39, 0.29) is 0 Å². The van der Waals surface area contributed by atoms with Crippen LogP contribution >= 0.6 is 0 Å². The average molecular weight is 280 g/mol. The van der Waals surface area contributed by atoms with E-state index in [0.29, 0.717) is 5.56 Å². The Bertz CT molecular complexity index is 489. The van der Waals surface area contributed by atoms with Crippen molar-refractivity contribution in [2.45, 2.75) is 18.6 Å². The molecule has 2 atom stereocenters. The Morgan fingerprint density at radius 2 is 1.90 bits per heavy atom. The van der Waals surface area contributed by atoms with Crippen molar-refractivity contribution in [1.29, 1.82) is 0 Å². The van der Waals surface area contributed by atoms with Gasteiger partial charge < -0.3 is 20.9 Å². The van der Waals surface area contributed by atoms with E-state index in [0.717, 1.165) is 0 Å². The molecule has 0 saturated carbocycles. The van der Waals surface area contributed by atoms with Gasteiger partial charge in [0.05, 0.1) is 6.42 Å². The molecular formula is C13H16N2O5. The van der Waals surface area contributed by atoms with Gasteiger partial charge in [0.1, 0.15) is 6.04 Å². The van der Waals surface area contributed by atoms with Gasteiger partial charge in [0.15, 0.2) is 6.10 Å². The number of carbonyl (C=O) groups is 3. The summed E-state index contributed by atoms with van der Waals surface area (Å²) < 4.78 is 5.07. The molecule has 0 spiro atoms. The number of ether oxygens (including phenoxy) is 1. The normalized spacial score (nSPS) is 13.2. The molecule has 0 bridgehead atoms. The zero-order valence-electron chi connectivity index (χ0n) is 10.9. The molecule has 0 radical (unpaired) electrons. The molecule has 4 N–H and O–H groups in total. The first-order valence-corrected chi connectivity index (χ1v) is 5.85. The Hall–Kier alpha value is -2.41. The number of carboxylic acids is 1. The molecule has 0 saturated heterocycles. The molecule has 0 aliphatic heterocycles. The van der Waals surface area contributed by atoms with Gasteiger partial charge in [-0.3, -0.25) is 14.4 Å². The summed E-state index contributed by atoms with van der Waals surface area (Å²) in [5.41, 5.74) is 5.64. The van der Waals surface area contributed by atoms with E-state index in [2.05, 4.69) is 5.32 Å². The van der Waals surface area contributed by atoms with Crippen LogP contribution in [0.3, 0.4) is 0 Å². The molecule has 0 fully saturated rings. The second kappa shape index (κ2) is 7.25. The molecule has 2 amide bonds. The summed E-state index contributed by atoms with van der Waals surface area (Å²) in [5, 5.41) is 10.9. The summed E-state index contributed by atoms with van der Waals surface area (Å²) in [4.78, 5) is 33.8. The third kappa shape index (κ3) is 4.36. The number of carbonyl (C=O) groups excluding carboxylic acids is 2. The van der Waals surface area contributed by atoms with Crippen LogP contribution in [0.15, 0.2) is 30.3 Å². The molecule has 1 rings (SSSR count). The number of carboxylic acid groups (broad SMARTS) is 1. The molecule has 1 aromatic carbocycles. The first-order valence-electron chi connectivity index (χ1n) is 5.85. The van der Waals surface area contributed by atoms with Crippen molar-refractivity contribution in [2.75, 3.05) is 7.11 Å². The number of amides is 2. The molecule has 1 aromatic rings. The standard InChI is InChI=1S/C13H16N2O5/c1-20-11(8-5-3-2-4-6-8)13(19)15-9(12(14)18)7-10(16)17/h2-6,9,11H,7H2,1H3,(H2,14,18)(H,15,19)(H,16,17)/t9-,11-/m1/s1. The number of rotatable bonds is 7. The van der Waals surface area contributed by atoms with Gasteiger partial charge in [0, 0.05) is 7.11 Å². The van der Waals surface area contributed by atoms with Crippen LogP contribution in [0, 0.1) is 0 Å². The Balaban J connectivity index is 2.81. The SMILES string of the molecule is CO[C@@H](C(=O)N[C@H](CC(=O)O)C(N)=O)c1ccccc1. The third-order valence-corrected chi connectivity index (χ3v) is 2.61. The number of nitrogens with one attached hydrogen (secondary N) is 1. The van der Waals surface area contributed by atoms with Gasteiger partial charge in [-0.15, -0.1) is 0 Å². The summed E-state index contributed by atoms with van der Waals surface area (Å²) in [6, 6.07) is 7.34. The third-order valence-electron chi connectivity index (χ3n) is 2.61. The van der Waals surface area contributed by atoms with E-state index in [1.54, 1.807) is 30.3 Å². The highest BCUT2D eigenvalue weighted by Gasteiger charge is 2.26. The number of hydrogen-bond donors (Lipinski definition) is 3. The van der Waals surface area contributed by atoms with Crippen molar-refractivity contribution < 1.29 is 24.2 Å². The lowest BCUT2D eigenvalue weighted by molar-refractivity contribution is -0.141. The Morgan fingerprint density at radius 1 is 1.30 bits per heavy atom. The van der Waals surface area contributed by atoms with Gasteiger partial charge in [-0.05, 0) is 5.56 Å². The van der Waals surface area contributed by atoms with Crippen LogP contribution in [0.25, 0.3) is 0 Å². The number of nitrogens with two attached hydrogens (primary N) is 1. The van der Waals surface area contributed by atoms with Crippen LogP contribution in [0.2, 0.25) is 0 Å². The predicted molar refractivity (Wildman–Crippen MR) is 69.6 cm³/mol. The summed E-state index contributed by atoms with van der Waals surface area (Å²) in [6.45, 7) is 0. The minimum absolute atomic E-state index is 0.577. The number of methoxy groups -OCH3 is 1. The van der Waals surface area contributed by atoms with Gasteiger partial charge in [-0.2, -0.15) is 0 Å². The largest absolute Gasteiger partial charge is 0.481 e. The fourth-order valence-corrected chi connectivity index (χ4v) is 1.67. The molecular weight excluding hydrogens is 264 g/mol. The predicted octanol–water partition coefficient (Wildman–Crippen LogP) is -0.181. The van der Waals surface area contributed by atoms with Crippen LogP contribution in [0.1, 0.15) is 18.1 Å². The van der Waals surface area contributed by atoms with Crippen molar-refractivity contribution in [2.24, 2.45) is 5.73 Å². The van der Waals surface area contributed by atoms with Crippen molar-refractivity contribution in [3.63, 3.8) is 0 Å². The van der Waals surface area contributed by atoms with E-state index < -0.39 is 36.4 Å². The van der Waals surface area contributed by atoms with E-state index in [4.69, 9.17) is 15.6 Å². The van der Waals surface area contributed by atoms with Crippen LogP contribution in [-0.2, 0) is 19.1 Å². The number of aliphatic carboxylic acids is 1. The zero-order chi connectivity index (χ0) is 15.1. The van der Waals surface area contributed by atoms with Gasteiger partial charge in [-0.1, -0.05) is 30.3 Å². The van der Waals surface area contributed by atoms with Gasteiger partial charge in [-0.25, -0.2) is 0 Å². The summed E-state index contributed by atoms with van der Waals surface area (Å²) in [7, 11) is 1.34. The molecule has 108 valence electrons. The molecule has 0 aromatic heterocycles. The molecule has 7 heteroatoms. The Morgan fingerprint density at radius 3 is 2.35 bits per heavy atom. The van der Waals surface area contributed by atoms with Gasteiger partial charge in [0.25, 0.3) is 5.91 Å². The molecule has 0 unspecified atom stereocenters. The molecule has 0 aliphatic carbocycles. The second-order valence-electron chi connectivity index (χ2n) is 4.09. The molecule has 7 nitrogen and oxygen atoms in total. The molecule has 0 heterocycles. The monoisotopic (exact) mass is 280 g/mol. The van der Waals surface area contributed by atoms with E-state index in [1.165, 1.54) is 7.11 Å². The Kier molecular flexibility index (Phi) is 5.67. The first-order chi connectivity index (χ1) is 9.45. The quantitative estimate of drug-likeness (QED) is 0.640. The minimum Gasteiger partial charge on any atom is -0.481 e. The van der Waals surface area contributed by atoms with Crippen LogP contribution in [0.5, 0.6) is 0 Å². The maximum absolute atomic E-state index is 12.0. The number of benzene rings is 1. The first kappa shape index (κ1) is 15.6. The Labute approximate surface area is 115 Å². The van der Waals surface area contributed by atoms with E-state index in [9.17, 15) is 14.4 Å². The van der Waals surface area contributed by atoms with Crippen molar-refractivity contribution in [3.05, 3.63) is 35.9 Å². The number of primary amides is 1. The van der Waals surface area contributed by atoms with Gasteiger partial charge >= 0.3 is 5.97 Å². The molecule has 20 heavy (non-hydrogen) atoms. The minimum atomic E-state index is -1.28. The van der Waals surface area contributed by atoms with E-state index >= 15 is 0 Å². The van der Waals surface area contributed by atoms with Crippen LogP contribution in [-0.4, -0.2) is 36.0 Å². The zero-order valence-corrected chi connectivity index (χ0v) is 10.9. The molecule has 0 aliphatic rings. The number of hydrogen-bond acceptors (Lipinski definition) is 4. The maximum Gasteiger partial charge on any atom is 0.305 e. The van der Waals surface area contributed by atoms with Crippen LogP contribution in [0.4, 0.5) is 0 Å². The highest BCUT2D eigenvalue weighted by molar-refractivity contribution is 5.91. The van der Waals surface area contributed by atoms with Crippen LogP contribution < -0.4 is 11.1 Å². The van der Waals surface area contributed by atoms with E-state index in [1.807, 2.05) is 0 Å². The summed E-state index contributed by atoms with van der Waals surface area (Å²) in [5.74, 6) is -2.77. The summed E-state index contributed by atoms with van der Waals surface area (Å²) in [6.07, 6.45) is -1.52. The fraction of sp³-hybridized carbons (Fsp3) is 0.308. The summed E-state index contributed by atoms with van der Waals surface area (Å²) >= 11 is 0. The fourth-order valence-electron chi connectivity index (χ4n) is 1.67. The van der Waals surface area contributed by atoms with Crippen molar-refractivity contribution >= 4 is 17.8 Å². The maximum atomic E-state index is 12.0.